The lowest BCUT2D eigenvalue weighted by molar-refractivity contribution is 0.0601. The van der Waals surface area contributed by atoms with E-state index in [1.807, 2.05) is 72.8 Å². The summed E-state index contributed by atoms with van der Waals surface area (Å²) in [5.41, 5.74) is 3.09. The number of carbonyl (C=O) groups excluding carboxylic acids is 1. The van der Waals surface area contributed by atoms with Crippen LogP contribution in [0.2, 0.25) is 0 Å². The third-order valence-corrected chi connectivity index (χ3v) is 5.93. The standard InChI is InChI=1S/C26H21N3O3S/c1-31-25(30)18-9-7-8-17(16-18)21-13-14-22(32-21)24-23(20-12-5-6-15-27-20)28-26(33)29(24)19-10-3-2-4-11-19/h2-16,23-24H,1H3,(H,28,33)/t23-,24+/m0/s1. The lowest BCUT2D eigenvalue weighted by atomic mass is 10.0. The minimum absolute atomic E-state index is 0.195. The van der Waals surface area contributed by atoms with Gasteiger partial charge in [0.25, 0.3) is 0 Å². The third-order valence-electron chi connectivity index (χ3n) is 5.62. The molecule has 0 amide bonds. The van der Waals surface area contributed by atoms with E-state index in [1.165, 1.54) is 7.11 Å². The molecule has 6 nitrogen and oxygen atoms in total. The number of furan rings is 1. The number of para-hydroxylation sites is 1. The molecule has 1 fully saturated rings. The van der Waals surface area contributed by atoms with E-state index in [2.05, 4.69) is 15.2 Å². The average Bonchev–Trinajstić information content (AvgIpc) is 3.49. The van der Waals surface area contributed by atoms with Crippen molar-refractivity contribution in [3.8, 4) is 11.3 Å². The Balaban J connectivity index is 1.57. The zero-order chi connectivity index (χ0) is 22.8. The molecule has 2 aromatic carbocycles. The number of benzene rings is 2. The van der Waals surface area contributed by atoms with E-state index in [0.29, 0.717) is 16.4 Å². The summed E-state index contributed by atoms with van der Waals surface area (Å²) in [5, 5.41) is 4.03. The van der Waals surface area contributed by atoms with Gasteiger partial charge < -0.3 is 19.4 Å². The number of rotatable bonds is 5. The molecule has 33 heavy (non-hydrogen) atoms. The van der Waals surface area contributed by atoms with Crippen molar-refractivity contribution in [2.24, 2.45) is 0 Å². The first kappa shape index (κ1) is 20.9. The normalized spacial score (nSPS) is 17.6. The van der Waals surface area contributed by atoms with Crippen LogP contribution in [0.4, 0.5) is 5.69 Å². The second kappa shape index (κ2) is 8.88. The topological polar surface area (TPSA) is 67.6 Å². The van der Waals surface area contributed by atoms with E-state index in [1.54, 1.807) is 18.3 Å². The summed E-state index contributed by atoms with van der Waals surface area (Å²) in [6.07, 6.45) is 1.77. The summed E-state index contributed by atoms with van der Waals surface area (Å²) in [4.78, 5) is 18.6. The molecule has 0 spiro atoms. The van der Waals surface area contributed by atoms with Crippen molar-refractivity contribution in [1.29, 1.82) is 0 Å². The van der Waals surface area contributed by atoms with Crippen LogP contribution in [-0.2, 0) is 4.74 Å². The molecule has 1 aliphatic heterocycles. The molecule has 7 heteroatoms. The van der Waals surface area contributed by atoms with E-state index < -0.39 is 0 Å². The predicted molar refractivity (Wildman–Crippen MR) is 130 cm³/mol. The maximum absolute atomic E-state index is 12.0. The van der Waals surface area contributed by atoms with Crippen molar-refractivity contribution in [3.05, 3.63) is 108 Å². The van der Waals surface area contributed by atoms with Crippen molar-refractivity contribution in [3.63, 3.8) is 0 Å². The number of methoxy groups -OCH3 is 1. The number of hydrogen-bond donors (Lipinski definition) is 1. The van der Waals surface area contributed by atoms with Gasteiger partial charge in [-0.1, -0.05) is 36.4 Å². The van der Waals surface area contributed by atoms with Gasteiger partial charge in [0.15, 0.2) is 5.11 Å². The Morgan fingerprint density at radius 2 is 1.85 bits per heavy atom. The Morgan fingerprint density at radius 1 is 1.03 bits per heavy atom. The number of aromatic nitrogens is 1. The second-order valence-electron chi connectivity index (χ2n) is 7.61. The van der Waals surface area contributed by atoms with Gasteiger partial charge in [0, 0.05) is 17.4 Å². The SMILES string of the molecule is COC(=O)c1cccc(-c2ccc([C@@H]3[C@H](c4ccccn4)NC(=S)N3c3ccccc3)o2)c1. The van der Waals surface area contributed by atoms with Gasteiger partial charge in [0.05, 0.1) is 24.4 Å². The number of carbonyl (C=O) groups is 1. The molecular weight excluding hydrogens is 434 g/mol. The van der Waals surface area contributed by atoms with Crippen molar-refractivity contribution < 1.29 is 13.9 Å². The van der Waals surface area contributed by atoms with Crippen LogP contribution in [0.3, 0.4) is 0 Å². The number of nitrogens with one attached hydrogen (secondary N) is 1. The summed E-state index contributed by atoms with van der Waals surface area (Å²) in [6.45, 7) is 0. The molecule has 3 heterocycles. The van der Waals surface area contributed by atoms with E-state index >= 15 is 0 Å². The maximum Gasteiger partial charge on any atom is 0.337 e. The average molecular weight is 456 g/mol. The fourth-order valence-electron chi connectivity index (χ4n) is 4.09. The van der Waals surface area contributed by atoms with Crippen molar-refractivity contribution >= 4 is 29.0 Å². The monoisotopic (exact) mass is 455 g/mol. The number of nitrogens with zero attached hydrogens (tertiary/aromatic N) is 2. The Morgan fingerprint density at radius 3 is 2.61 bits per heavy atom. The van der Waals surface area contributed by atoms with E-state index in [9.17, 15) is 4.79 Å². The van der Waals surface area contributed by atoms with E-state index in [-0.39, 0.29) is 18.1 Å². The number of pyridine rings is 1. The van der Waals surface area contributed by atoms with Gasteiger partial charge in [-0.3, -0.25) is 4.98 Å². The highest BCUT2D eigenvalue weighted by Gasteiger charge is 2.42. The minimum Gasteiger partial charge on any atom is -0.465 e. The first-order chi connectivity index (χ1) is 16.2. The summed E-state index contributed by atoms with van der Waals surface area (Å²) in [7, 11) is 1.37. The van der Waals surface area contributed by atoms with Crippen LogP contribution in [0.25, 0.3) is 11.3 Å². The van der Waals surface area contributed by atoms with E-state index in [4.69, 9.17) is 21.4 Å². The molecule has 0 bridgehead atoms. The van der Waals surface area contributed by atoms with Crippen molar-refractivity contribution in [2.75, 3.05) is 12.0 Å². The Bertz CT molecular complexity index is 1290. The molecule has 0 radical (unpaired) electrons. The molecule has 164 valence electrons. The Kier molecular flexibility index (Phi) is 5.62. The number of hydrogen-bond acceptors (Lipinski definition) is 5. The van der Waals surface area contributed by atoms with Gasteiger partial charge in [-0.05, 0) is 60.7 Å². The first-order valence-electron chi connectivity index (χ1n) is 10.5. The molecule has 4 aromatic rings. The molecule has 5 rings (SSSR count). The molecule has 1 aliphatic rings. The molecule has 2 aromatic heterocycles. The van der Waals surface area contributed by atoms with Crippen molar-refractivity contribution in [2.45, 2.75) is 12.1 Å². The van der Waals surface area contributed by atoms with Crippen LogP contribution >= 0.6 is 12.2 Å². The van der Waals surface area contributed by atoms with Crippen LogP contribution in [0.15, 0.2) is 95.5 Å². The van der Waals surface area contributed by atoms with Crippen LogP contribution in [0.5, 0.6) is 0 Å². The predicted octanol–water partition coefficient (Wildman–Crippen LogP) is 5.31. The van der Waals surface area contributed by atoms with Gasteiger partial charge in [-0.25, -0.2) is 4.79 Å². The lowest BCUT2D eigenvalue weighted by Crippen LogP contribution is -2.29. The number of esters is 1. The minimum atomic E-state index is -0.389. The third kappa shape index (κ3) is 3.99. The van der Waals surface area contributed by atoms with Gasteiger partial charge in [0.2, 0.25) is 0 Å². The molecule has 0 unspecified atom stereocenters. The van der Waals surface area contributed by atoms with Crippen LogP contribution in [-0.4, -0.2) is 23.2 Å². The lowest BCUT2D eigenvalue weighted by Gasteiger charge is -2.26. The molecule has 1 saturated heterocycles. The number of anilines is 1. The Hall–Kier alpha value is -3.97. The maximum atomic E-state index is 12.0. The van der Waals surface area contributed by atoms with Gasteiger partial charge in [0.1, 0.15) is 17.6 Å². The number of ether oxygens (including phenoxy) is 1. The fourth-order valence-corrected chi connectivity index (χ4v) is 4.44. The van der Waals surface area contributed by atoms with Gasteiger partial charge >= 0.3 is 5.97 Å². The highest BCUT2D eigenvalue weighted by molar-refractivity contribution is 7.80. The summed E-state index contributed by atoms with van der Waals surface area (Å²) in [6, 6.07) is 26.4. The van der Waals surface area contributed by atoms with Gasteiger partial charge in [-0.15, -0.1) is 0 Å². The molecule has 0 saturated carbocycles. The molecule has 2 atom stereocenters. The number of thiocarbonyl (C=S) groups is 1. The fraction of sp³-hybridized carbons (Fsp3) is 0.115. The van der Waals surface area contributed by atoms with Crippen molar-refractivity contribution in [1.82, 2.24) is 10.3 Å². The molecule has 1 N–H and O–H groups in total. The van der Waals surface area contributed by atoms with Crippen LogP contribution < -0.4 is 10.2 Å². The van der Waals surface area contributed by atoms with Crippen LogP contribution in [0, 0.1) is 0 Å². The highest BCUT2D eigenvalue weighted by Crippen LogP contribution is 2.42. The highest BCUT2D eigenvalue weighted by atomic mass is 32.1. The smallest absolute Gasteiger partial charge is 0.337 e. The van der Waals surface area contributed by atoms with E-state index in [0.717, 1.165) is 22.7 Å². The zero-order valence-corrected chi connectivity index (χ0v) is 18.7. The zero-order valence-electron chi connectivity index (χ0n) is 17.8. The summed E-state index contributed by atoms with van der Waals surface area (Å²) in [5.74, 6) is 1.00. The Labute approximate surface area is 196 Å². The first-order valence-corrected chi connectivity index (χ1v) is 10.9. The summed E-state index contributed by atoms with van der Waals surface area (Å²) >= 11 is 5.73. The van der Waals surface area contributed by atoms with Gasteiger partial charge in [-0.2, -0.15) is 0 Å². The summed E-state index contributed by atoms with van der Waals surface area (Å²) < 4.78 is 11.2. The quantitative estimate of drug-likeness (QED) is 0.323. The molecular formula is C26H21N3O3S. The van der Waals surface area contributed by atoms with Crippen LogP contribution in [0.1, 0.15) is 33.9 Å². The molecule has 0 aliphatic carbocycles. The second-order valence-corrected chi connectivity index (χ2v) is 7.99. The largest absolute Gasteiger partial charge is 0.465 e.